The molecule has 0 aromatic heterocycles. The van der Waals surface area contributed by atoms with Crippen molar-refractivity contribution in [2.24, 2.45) is 0 Å². The largest absolute Gasteiger partial charge is 0.273 e. The molecule has 1 fully saturated rings. The van der Waals surface area contributed by atoms with Crippen LogP contribution < -0.4 is 0 Å². The van der Waals surface area contributed by atoms with Gasteiger partial charge in [-0.1, -0.05) is 82.2 Å². The number of nitrogens with zero attached hydrogens (tertiary/aromatic N) is 1. The molecule has 3 nitrogen and oxygen atoms in total. The van der Waals surface area contributed by atoms with Crippen molar-refractivity contribution in [3.63, 3.8) is 0 Å². The van der Waals surface area contributed by atoms with Crippen LogP contribution >= 0.6 is 0 Å². The second-order valence-electron chi connectivity index (χ2n) is 6.93. The molecule has 0 unspecified atom stereocenters. The molecule has 0 aliphatic heterocycles. The lowest BCUT2D eigenvalue weighted by molar-refractivity contribution is -0.209. The molecule has 0 bridgehead atoms. The van der Waals surface area contributed by atoms with E-state index in [1.165, 1.54) is 38.5 Å². The molecule has 2 rings (SSSR count). The molecule has 0 spiro atoms. The molecule has 1 aliphatic carbocycles. The fraction of sp³-hybridized carbons (Fsp3) is 0.667. The van der Waals surface area contributed by atoms with Crippen molar-refractivity contribution in [3.05, 3.63) is 35.9 Å². The molecule has 1 amide bonds. The minimum atomic E-state index is 0.175. The summed E-state index contributed by atoms with van der Waals surface area (Å²) in [5.74, 6) is 0.175. The van der Waals surface area contributed by atoms with Crippen LogP contribution in [0.5, 0.6) is 0 Å². The first kappa shape index (κ1) is 19.0. The van der Waals surface area contributed by atoms with Gasteiger partial charge in [-0.05, 0) is 24.8 Å². The fourth-order valence-corrected chi connectivity index (χ4v) is 3.40. The molecule has 0 atom stereocenters. The van der Waals surface area contributed by atoms with Crippen LogP contribution in [-0.4, -0.2) is 17.0 Å². The van der Waals surface area contributed by atoms with Crippen molar-refractivity contribution in [1.29, 1.82) is 0 Å². The molecule has 0 saturated heterocycles. The van der Waals surface area contributed by atoms with Gasteiger partial charge in [-0.3, -0.25) is 9.63 Å². The lowest BCUT2D eigenvalue weighted by atomic mass is 9.95. The Labute approximate surface area is 147 Å². The Morgan fingerprint density at radius 1 is 1.04 bits per heavy atom. The third-order valence-corrected chi connectivity index (χ3v) is 4.86. The first-order valence-corrected chi connectivity index (χ1v) is 9.80. The van der Waals surface area contributed by atoms with Gasteiger partial charge < -0.3 is 0 Å². The highest BCUT2D eigenvalue weighted by atomic mass is 16.7. The highest BCUT2D eigenvalue weighted by Gasteiger charge is 2.26. The zero-order chi connectivity index (χ0) is 17.0. The number of carbonyl (C=O) groups excluding carboxylic acids is 1. The highest BCUT2D eigenvalue weighted by molar-refractivity contribution is 5.75. The van der Waals surface area contributed by atoms with Gasteiger partial charge >= 0.3 is 0 Å². The number of benzene rings is 1. The minimum absolute atomic E-state index is 0.175. The molecule has 1 aromatic carbocycles. The van der Waals surface area contributed by atoms with Crippen molar-refractivity contribution in [2.45, 2.75) is 90.2 Å². The van der Waals surface area contributed by atoms with E-state index in [9.17, 15) is 4.79 Å². The van der Waals surface area contributed by atoms with Crippen LogP contribution in [0, 0.1) is 0 Å². The Bertz CT molecular complexity index is 454. The Hall–Kier alpha value is -1.35. The van der Waals surface area contributed by atoms with Gasteiger partial charge in [0.25, 0.3) is 0 Å². The van der Waals surface area contributed by atoms with Gasteiger partial charge in [0.15, 0.2) is 0 Å². The quantitative estimate of drug-likeness (QED) is 0.410. The molecular formula is C21H33NO2. The Balaban J connectivity index is 1.85. The third-order valence-electron chi connectivity index (χ3n) is 4.86. The van der Waals surface area contributed by atoms with Gasteiger partial charge in [0.05, 0.1) is 6.04 Å². The first-order valence-electron chi connectivity index (χ1n) is 9.80. The molecule has 24 heavy (non-hydrogen) atoms. The lowest BCUT2D eigenvalue weighted by Gasteiger charge is -2.33. The Morgan fingerprint density at radius 3 is 2.46 bits per heavy atom. The summed E-state index contributed by atoms with van der Waals surface area (Å²) in [5, 5.41) is 1.73. The van der Waals surface area contributed by atoms with Gasteiger partial charge in [-0.2, -0.15) is 0 Å². The zero-order valence-corrected chi connectivity index (χ0v) is 15.2. The summed E-state index contributed by atoms with van der Waals surface area (Å²) in [6, 6.07) is 10.4. The predicted octanol–water partition coefficient (Wildman–Crippen LogP) is 5.64. The smallest absolute Gasteiger partial charge is 0.246 e. The van der Waals surface area contributed by atoms with E-state index in [0.29, 0.717) is 13.0 Å². The molecule has 3 heteroatoms. The molecule has 134 valence electrons. The fourth-order valence-electron chi connectivity index (χ4n) is 3.40. The van der Waals surface area contributed by atoms with E-state index in [4.69, 9.17) is 4.84 Å². The maximum Gasteiger partial charge on any atom is 0.246 e. The van der Waals surface area contributed by atoms with Crippen molar-refractivity contribution < 1.29 is 9.63 Å². The molecule has 0 heterocycles. The van der Waals surface area contributed by atoms with Crippen molar-refractivity contribution in [3.8, 4) is 0 Å². The zero-order valence-electron chi connectivity index (χ0n) is 15.2. The number of amides is 1. The SMILES string of the molecule is CCCCCCCC(=O)N(OCc1ccccc1)C1CCCCC1. The van der Waals surface area contributed by atoms with Gasteiger partial charge in [0, 0.05) is 6.42 Å². The van der Waals surface area contributed by atoms with Crippen LogP contribution in [0.4, 0.5) is 0 Å². The van der Waals surface area contributed by atoms with Crippen LogP contribution in [0.25, 0.3) is 0 Å². The van der Waals surface area contributed by atoms with Crippen molar-refractivity contribution in [1.82, 2.24) is 5.06 Å². The minimum Gasteiger partial charge on any atom is -0.273 e. The summed E-state index contributed by atoms with van der Waals surface area (Å²) < 4.78 is 0. The number of hydrogen-bond donors (Lipinski definition) is 0. The third kappa shape index (κ3) is 6.64. The summed E-state index contributed by atoms with van der Waals surface area (Å²) in [6.07, 6.45) is 12.4. The number of rotatable bonds is 10. The van der Waals surface area contributed by atoms with Crippen molar-refractivity contribution in [2.75, 3.05) is 0 Å². The second-order valence-corrected chi connectivity index (χ2v) is 6.93. The summed E-state index contributed by atoms with van der Waals surface area (Å²) in [6.45, 7) is 2.70. The molecule has 0 radical (unpaired) electrons. The van der Waals surface area contributed by atoms with E-state index in [0.717, 1.165) is 31.2 Å². The topological polar surface area (TPSA) is 29.5 Å². The first-order chi connectivity index (χ1) is 11.8. The summed E-state index contributed by atoms with van der Waals surface area (Å²) >= 11 is 0. The normalized spacial score (nSPS) is 15.4. The Morgan fingerprint density at radius 2 is 1.75 bits per heavy atom. The number of carbonyl (C=O) groups is 1. The van der Waals surface area contributed by atoms with Crippen molar-refractivity contribution >= 4 is 5.91 Å². The van der Waals surface area contributed by atoms with E-state index in [2.05, 4.69) is 6.92 Å². The Kier molecular flexibility index (Phi) is 8.90. The van der Waals surface area contributed by atoms with Crippen LogP contribution in [0.1, 0.15) is 83.1 Å². The lowest BCUT2D eigenvalue weighted by Crippen LogP contribution is -2.41. The average Bonchev–Trinajstić information content (AvgIpc) is 2.63. The van der Waals surface area contributed by atoms with Crippen LogP contribution in [0.3, 0.4) is 0 Å². The molecule has 1 aromatic rings. The van der Waals surface area contributed by atoms with Gasteiger partial charge in [0.1, 0.15) is 6.61 Å². The maximum atomic E-state index is 12.7. The molecule has 1 aliphatic rings. The number of hydroxylamine groups is 2. The van der Waals surface area contributed by atoms with Crippen LogP contribution in [0.15, 0.2) is 30.3 Å². The van der Waals surface area contributed by atoms with Crippen LogP contribution in [0.2, 0.25) is 0 Å². The highest BCUT2D eigenvalue weighted by Crippen LogP contribution is 2.24. The monoisotopic (exact) mass is 331 g/mol. The van der Waals surface area contributed by atoms with E-state index in [1.807, 2.05) is 30.3 Å². The molecule has 0 N–H and O–H groups in total. The van der Waals surface area contributed by atoms with E-state index < -0.39 is 0 Å². The van der Waals surface area contributed by atoms with E-state index in [-0.39, 0.29) is 11.9 Å². The number of hydrogen-bond acceptors (Lipinski definition) is 2. The number of unbranched alkanes of at least 4 members (excludes halogenated alkanes) is 4. The molecule has 1 saturated carbocycles. The summed E-state index contributed by atoms with van der Waals surface area (Å²) in [5.41, 5.74) is 1.12. The van der Waals surface area contributed by atoms with E-state index >= 15 is 0 Å². The van der Waals surface area contributed by atoms with Gasteiger partial charge in [-0.25, -0.2) is 5.06 Å². The maximum absolute atomic E-state index is 12.7. The van der Waals surface area contributed by atoms with Gasteiger partial charge in [-0.15, -0.1) is 0 Å². The standard InChI is InChI=1S/C21H33NO2/c1-2-3-4-5-12-17-21(23)22(20-15-10-7-11-16-20)24-18-19-13-8-6-9-14-19/h6,8-9,13-14,20H,2-5,7,10-12,15-18H2,1H3. The predicted molar refractivity (Wildman–Crippen MR) is 98.3 cm³/mol. The average molecular weight is 332 g/mol. The van der Waals surface area contributed by atoms with Gasteiger partial charge in [0.2, 0.25) is 5.91 Å². The van der Waals surface area contributed by atoms with E-state index in [1.54, 1.807) is 5.06 Å². The summed E-state index contributed by atoms with van der Waals surface area (Å²) in [7, 11) is 0. The molecular weight excluding hydrogens is 298 g/mol. The van der Waals surface area contributed by atoms with Crippen LogP contribution in [-0.2, 0) is 16.2 Å². The second kappa shape index (κ2) is 11.2. The summed E-state index contributed by atoms with van der Waals surface area (Å²) in [4.78, 5) is 18.7.